The highest BCUT2D eigenvalue weighted by Gasteiger charge is 2.21. The fourth-order valence-electron chi connectivity index (χ4n) is 3.48. The lowest BCUT2D eigenvalue weighted by molar-refractivity contribution is 0.158. The molecule has 1 aliphatic rings. The van der Waals surface area contributed by atoms with Gasteiger partial charge >= 0.3 is 0 Å². The van der Waals surface area contributed by atoms with E-state index in [1.807, 2.05) is 30.3 Å². The van der Waals surface area contributed by atoms with Crippen LogP contribution >= 0.6 is 12.2 Å². The Balaban J connectivity index is 1.31. The van der Waals surface area contributed by atoms with E-state index in [2.05, 4.69) is 40.3 Å². The predicted molar refractivity (Wildman–Crippen MR) is 106 cm³/mol. The molecule has 2 heterocycles. The van der Waals surface area contributed by atoms with Crippen molar-refractivity contribution in [1.82, 2.24) is 14.7 Å². The predicted octanol–water partition coefficient (Wildman–Crippen LogP) is 4.62. The normalized spacial score (nSPS) is 15.7. The maximum Gasteiger partial charge on any atom is 0.288 e. The van der Waals surface area contributed by atoms with Gasteiger partial charge in [-0.15, -0.1) is 5.10 Å². The number of para-hydroxylation sites is 1. The van der Waals surface area contributed by atoms with Gasteiger partial charge in [0.05, 0.1) is 6.67 Å². The van der Waals surface area contributed by atoms with E-state index < -0.39 is 0 Å². The monoisotopic (exact) mass is 381 g/mol. The summed E-state index contributed by atoms with van der Waals surface area (Å²) in [5.74, 6) is 1.93. The Hall–Kier alpha value is -2.44. The Bertz CT molecular complexity index is 900. The molecule has 0 saturated carbocycles. The highest BCUT2D eigenvalue weighted by Crippen LogP contribution is 2.27. The Kier molecular flexibility index (Phi) is 5.65. The second-order valence-corrected chi connectivity index (χ2v) is 7.16. The van der Waals surface area contributed by atoms with Gasteiger partial charge in [-0.1, -0.05) is 48.5 Å². The van der Waals surface area contributed by atoms with E-state index in [1.54, 1.807) is 4.68 Å². The van der Waals surface area contributed by atoms with Crippen molar-refractivity contribution in [3.8, 4) is 5.75 Å². The second kappa shape index (κ2) is 8.50. The zero-order valence-corrected chi connectivity index (χ0v) is 16.0. The molecule has 1 saturated heterocycles. The molecule has 0 aliphatic carbocycles. The number of hydrogen-bond donors (Lipinski definition) is 0. The van der Waals surface area contributed by atoms with Crippen LogP contribution in [-0.2, 0) is 13.3 Å². The average Bonchev–Trinajstić information content (AvgIpc) is 3.08. The summed E-state index contributed by atoms with van der Waals surface area (Å²) in [7, 11) is 0. The van der Waals surface area contributed by atoms with Gasteiger partial charge in [0.1, 0.15) is 5.75 Å². The number of piperidine rings is 1. The molecule has 1 aromatic heterocycles. The third-order valence-corrected chi connectivity index (χ3v) is 5.24. The molecule has 0 N–H and O–H groups in total. The number of likely N-dealkylation sites (tertiary alicyclic amines) is 1. The quantitative estimate of drug-likeness (QED) is 0.583. The first kappa shape index (κ1) is 17.9. The first-order chi connectivity index (χ1) is 13.3. The minimum atomic E-state index is 0.275. The molecule has 1 aliphatic heterocycles. The van der Waals surface area contributed by atoms with Crippen LogP contribution in [0.2, 0.25) is 0 Å². The van der Waals surface area contributed by atoms with E-state index in [0.29, 0.717) is 23.3 Å². The molecule has 0 bridgehead atoms. The van der Waals surface area contributed by atoms with Gasteiger partial charge in [-0.05, 0) is 48.7 Å². The smallest absolute Gasteiger partial charge is 0.288 e. The van der Waals surface area contributed by atoms with E-state index >= 15 is 0 Å². The van der Waals surface area contributed by atoms with Crippen LogP contribution in [0.5, 0.6) is 5.75 Å². The first-order valence-corrected chi connectivity index (χ1v) is 9.71. The first-order valence-electron chi connectivity index (χ1n) is 9.30. The molecule has 6 heteroatoms. The summed E-state index contributed by atoms with van der Waals surface area (Å²) >= 11 is 5.32. The Morgan fingerprint density at radius 3 is 2.37 bits per heavy atom. The van der Waals surface area contributed by atoms with Crippen molar-refractivity contribution in [3.05, 3.63) is 77.0 Å². The van der Waals surface area contributed by atoms with Crippen LogP contribution in [0.15, 0.2) is 65.1 Å². The lowest BCUT2D eigenvalue weighted by Gasteiger charge is -2.31. The molecule has 3 aromatic rings. The molecule has 27 heavy (non-hydrogen) atoms. The number of hydrogen-bond acceptors (Lipinski definition) is 5. The van der Waals surface area contributed by atoms with Gasteiger partial charge < -0.3 is 9.15 Å². The highest BCUT2D eigenvalue weighted by molar-refractivity contribution is 7.71. The lowest BCUT2D eigenvalue weighted by atomic mass is 9.90. The third-order valence-electron chi connectivity index (χ3n) is 4.95. The summed E-state index contributed by atoms with van der Waals surface area (Å²) in [6.45, 7) is 3.00. The van der Waals surface area contributed by atoms with Crippen molar-refractivity contribution in [2.24, 2.45) is 0 Å². The number of aromatic nitrogens is 2. The van der Waals surface area contributed by atoms with Gasteiger partial charge in [0.2, 0.25) is 0 Å². The molecule has 0 amide bonds. The van der Waals surface area contributed by atoms with Crippen LogP contribution in [0.25, 0.3) is 0 Å². The van der Waals surface area contributed by atoms with Crippen molar-refractivity contribution in [2.75, 3.05) is 13.1 Å². The second-order valence-electron chi connectivity index (χ2n) is 6.81. The SMILES string of the molecule is S=c1oc(COc2ccccc2)nn1CN1CCC(c2ccccc2)CC1. The molecular formula is C21H23N3O2S. The molecule has 1 fully saturated rings. The highest BCUT2D eigenvalue weighted by atomic mass is 32.1. The molecule has 140 valence electrons. The van der Waals surface area contributed by atoms with E-state index in [1.165, 1.54) is 5.56 Å². The minimum Gasteiger partial charge on any atom is -0.484 e. The fourth-order valence-corrected chi connectivity index (χ4v) is 3.68. The van der Waals surface area contributed by atoms with Crippen LogP contribution in [0.3, 0.4) is 0 Å². The van der Waals surface area contributed by atoms with Crippen molar-refractivity contribution < 1.29 is 9.15 Å². The van der Waals surface area contributed by atoms with Crippen molar-refractivity contribution in [2.45, 2.75) is 32.0 Å². The molecular weight excluding hydrogens is 358 g/mol. The van der Waals surface area contributed by atoms with Crippen LogP contribution in [0, 0.1) is 4.84 Å². The standard InChI is InChI=1S/C21H23N3O2S/c27-21-24(22-20(26-21)15-25-19-9-5-2-6-10-19)16-23-13-11-18(12-14-23)17-7-3-1-4-8-17/h1-10,18H,11-16H2. The minimum absolute atomic E-state index is 0.275. The summed E-state index contributed by atoms with van der Waals surface area (Å²) in [6, 6.07) is 20.4. The van der Waals surface area contributed by atoms with E-state index in [0.717, 1.165) is 31.7 Å². The molecule has 5 nitrogen and oxygen atoms in total. The summed E-state index contributed by atoms with van der Waals surface area (Å²) < 4.78 is 13.0. The maximum absolute atomic E-state index is 5.68. The number of nitrogens with zero attached hydrogens (tertiary/aromatic N) is 3. The summed E-state index contributed by atoms with van der Waals surface area (Å²) in [5, 5.41) is 4.48. The molecule has 4 rings (SSSR count). The average molecular weight is 382 g/mol. The maximum atomic E-state index is 5.68. The van der Waals surface area contributed by atoms with Crippen molar-refractivity contribution in [3.63, 3.8) is 0 Å². The topological polar surface area (TPSA) is 43.4 Å². The van der Waals surface area contributed by atoms with Gasteiger partial charge in [-0.25, -0.2) is 4.68 Å². The molecule has 0 unspecified atom stereocenters. The van der Waals surface area contributed by atoms with Gasteiger partial charge in [-0.3, -0.25) is 4.90 Å². The van der Waals surface area contributed by atoms with Crippen LogP contribution in [-0.4, -0.2) is 27.8 Å². The largest absolute Gasteiger partial charge is 0.484 e. The third kappa shape index (κ3) is 4.64. The van der Waals surface area contributed by atoms with Crippen molar-refractivity contribution >= 4 is 12.2 Å². The Morgan fingerprint density at radius 1 is 1.00 bits per heavy atom. The molecule has 0 spiro atoms. The van der Waals surface area contributed by atoms with Gasteiger partial charge in [0.15, 0.2) is 6.61 Å². The lowest BCUT2D eigenvalue weighted by Crippen LogP contribution is -2.34. The number of rotatable bonds is 6. The van der Waals surface area contributed by atoms with Crippen molar-refractivity contribution in [1.29, 1.82) is 0 Å². The summed E-state index contributed by atoms with van der Waals surface area (Å²) in [4.78, 5) is 2.77. The fraction of sp³-hybridized carbons (Fsp3) is 0.333. The van der Waals surface area contributed by atoms with Crippen LogP contribution < -0.4 is 4.74 Å². The molecule has 2 aromatic carbocycles. The van der Waals surface area contributed by atoms with Gasteiger partial charge in [-0.2, -0.15) is 0 Å². The van der Waals surface area contributed by atoms with E-state index in [-0.39, 0.29) is 6.61 Å². The molecule has 0 atom stereocenters. The van der Waals surface area contributed by atoms with E-state index in [9.17, 15) is 0 Å². The number of ether oxygens (including phenoxy) is 1. The number of benzene rings is 2. The van der Waals surface area contributed by atoms with Gasteiger partial charge in [0.25, 0.3) is 10.7 Å². The molecule has 0 radical (unpaired) electrons. The van der Waals surface area contributed by atoms with Gasteiger partial charge in [0, 0.05) is 13.1 Å². The van der Waals surface area contributed by atoms with Crippen LogP contribution in [0.4, 0.5) is 0 Å². The van der Waals surface area contributed by atoms with E-state index in [4.69, 9.17) is 21.4 Å². The Morgan fingerprint density at radius 2 is 1.67 bits per heavy atom. The Labute approximate surface area is 164 Å². The van der Waals surface area contributed by atoms with Crippen LogP contribution in [0.1, 0.15) is 30.2 Å². The summed E-state index contributed by atoms with van der Waals surface area (Å²) in [6.07, 6.45) is 2.30. The zero-order valence-electron chi connectivity index (χ0n) is 15.2. The summed E-state index contributed by atoms with van der Waals surface area (Å²) in [5.41, 5.74) is 1.44. The zero-order chi connectivity index (χ0) is 18.5.